The molecule has 4 N–H and O–H groups in total. The maximum absolute atomic E-state index is 13.1. The average Bonchev–Trinajstić information content (AvgIpc) is 2.92. The van der Waals surface area contributed by atoms with Crippen molar-refractivity contribution in [2.24, 2.45) is 24.1 Å². The number of benzene rings is 1. The normalized spacial score (nSPS) is 24.1. The van der Waals surface area contributed by atoms with E-state index in [9.17, 15) is 4.79 Å². The fourth-order valence-electron chi connectivity index (χ4n) is 5.14. The number of nitrogens with zero attached hydrogens (tertiary/aromatic N) is 3. The van der Waals surface area contributed by atoms with Crippen molar-refractivity contribution >= 4 is 23.4 Å². The van der Waals surface area contributed by atoms with Crippen molar-refractivity contribution in [2.75, 3.05) is 23.7 Å². The Hall–Kier alpha value is -2.05. The molecule has 0 unspecified atom stereocenters. The Kier molecular flexibility index (Phi) is 4.88. The van der Waals surface area contributed by atoms with Crippen LogP contribution in [0.2, 0.25) is 5.02 Å². The molecule has 0 amide bonds. The molecule has 2 aliphatic rings. The van der Waals surface area contributed by atoms with Crippen LogP contribution in [0.25, 0.3) is 11.1 Å². The molecule has 2 heterocycles. The van der Waals surface area contributed by atoms with E-state index in [1.807, 2.05) is 6.07 Å². The fourth-order valence-corrected chi connectivity index (χ4v) is 5.33. The molecule has 1 spiro atoms. The van der Waals surface area contributed by atoms with Crippen LogP contribution in [0, 0.1) is 11.3 Å². The number of nitrogen functional groups attached to an aromatic ring is 1. The number of nitrogens with two attached hydrogens (primary N) is 2. The quantitative estimate of drug-likeness (QED) is 0.807. The second-order valence-electron chi connectivity index (χ2n) is 8.55. The van der Waals surface area contributed by atoms with E-state index in [2.05, 4.69) is 16.8 Å². The summed E-state index contributed by atoms with van der Waals surface area (Å²) < 4.78 is 1.60. The predicted molar refractivity (Wildman–Crippen MR) is 115 cm³/mol. The van der Waals surface area contributed by atoms with Crippen LogP contribution in [-0.4, -0.2) is 28.7 Å². The maximum Gasteiger partial charge on any atom is 0.264 e. The van der Waals surface area contributed by atoms with Gasteiger partial charge in [0.1, 0.15) is 5.82 Å². The monoisotopic (exact) mass is 401 g/mol. The van der Waals surface area contributed by atoms with Crippen molar-refractivity contribution in [1.29, 1.82) is 0 Å². The van der Waals surface area contributed by atoms with E-state index in [-0.39, 0.29) is 22.8 Å². The van der Waals surface area contributed by atoms with Gasteiger partial charge in [-0.1, -0.05) is 30.7 Å². The molecule has 6 nitrogen and oxygen atoms in total. The van der Waals surface area contributed by atoms with E-state index in [4.69, 9.17) is 23.1 Å². The molecule has 1 aromatic heterocycles. The molecule has 0 bridgehead atoms. The summed E-state index contributed by atoms with van der Waals surface area (Å²) in [6, 6.07) is 7.42. The Morgan fingerprint density at radius 2 is 2.00 bits per heavy atom. The fraction of sp³-hybridized carbons (Fsp3) is 0.524. The minimum atomic E-state index is -0.156. The van der Waals surface area contributed by atoms with Gasteiger partial charge in [0.2, 0.25) is 5.95 Å². The first-order chi connectivity index (χ1) is 13.3. The molecule has 150 valence electrons. The van der Waals surface area contributed by atoms with Crippen LogP contribution in [0.15, 0.2) is 29.1 Å². The van der Waals surface area contributed by atoms with Crippen molar-refractivity contribution in [3.8, 4) is 11.1 Å². The standard InChI is InChI=1S/C21H28ClN5O/c1-13-10-16(23)21(12-13)6-8-27(9-7-21)20-25-18(24)17(19(28)26(20)2)14-4-3-5-15(22)11-14/h3-5,11,13,16H,6-10,12,23-24H2,1-2H3/t13-,16+/m0/s1. The zero-order chi connectivity index (χ0) is 20.1. The van der Waals surface area contributed by atoms with Gasteiger partial charge in [-0.15, -0.1) is 0 Å². The molecule has 1 aromatic carbocycles. The van der Waals surface area contributed by atoms with Crippen LogP contribution in [0.3, 0.4) is 0 Å². The molecular formula is C21H28ClN5O. The molecule has 2 fully saturated rings. The number of hydrogen-bond donors (Lipinski definition) is 2. The third-order valence-corrected chi connectivity index (χ3v) is 6.88. The van der Waals surface area contributed by atoms with Gasteiger partial charge in [0, 0.05) is 31.2 Å². The van der Waals surface area contributed by atoms with E-state index >= 15 is 0 Å². The van der Waals surface area contributed by atoms with Crippen molar-refractivity contribution in [3.63, 3.8) is 0 Å². The van der Waals surface area contributed by atoms with E-state index in [1.165, 1.54) is 6.42 Å². The highest BCUT2D eigenvalue weighted by Gasteiger charge is 2.46. The summed E-state index contributed by atoms with van der Waals surface area (Å²) >= 11 is 6.08. The van der Waals surface area contributed by atoms with Crippen LogP contribution in [-0.2, 0) is 7.05 Å². The summed E-state index contributed by atoms with van der Waals surface area (Å²) in [5.41, 5.74) is 13.9. The molecule has 2 aromatic rings. The van der Waals surface area contributed by atoms with E-state index < -0.39 is 0 Å². The highest BCUT2D eigenvalue weighted by Crippen LogP contribution is 2.48. The smallest absolute Gasteiger partial charge is 0.264 e. The maximum atomic E-state index is 13.1. The van der Waals surface area contributed by atoms with E-state index in [1.54, 1.807) is 29.8 Å². The molecule has 28 heavy (non-hydrogen) atoms. The summed E-state index contributed by atoms with van der Waals surface area (Å²) in [4.78, 5) is 19.8. The number of aromatic nitrogens is 2. The van der Waals surface area contributed by atoms with Crippen molar-refractivity contribution in [2.45, 2.75) is 38.6 Å². The molecule has 1 saturated heterocycles. The molecular weight excluding hydrogens is 374 g/mol. The predicted octanol–water partition coefficient (Wildman–Crippen LogP) is 3.03. The number of piperidine rings is 1. The van der Waals surface area contributed by atoms with Crippen LogP contribution in [0.1, 0.15) is 32.6 Å². The molecule has 1 saturated carbocycles. The summed E-state index contributed by atoms with van der Waals surface area (Å²) in [6.45, 7) is 3.98. The van der Waals surface area contributed by atoms with E-state index in [0.29, 0.717) is 28.0 Å². The molecule has 4 rings (SSSR count). The number of rotatable bonds is 2. The highest BCUT2D eigenvalue weighted by atomic mass is 35.5. The lowest BCUT2D eigenvalue weighted by atomic mass is 9.74. The van der Waals surface area contributed by atoms with Crippen molar-refractivity contribution in [3.05, 3.63) is 39.6 Å². The Labute approximate surface area is 170 Å². The summed E-state index contributed by atoms with van der Waals surface area (Å²) in [6.07, 6.45) is 4.37. The first-order valence-corrected chi connectivity index (χ1v) is 10.3. The molecule has 2 atom stereocenters. The summed E-state index contributed by atoms with van der Waals surface area (Å²) in [5, 5.41) is 0.562. The van der Waals surface area contributed by atoms with Crippen LogP contribution < -0.4 is 21.9 Å². The van der Waals surface area contributed by atoms with Gasteiger partial charge in [0.25, 0.3) is 5.56 Å². The summed E-state index contributed by atoms with van der Waals surface area (Å²) in [5.74, 6) is 1.56. The lowest BCUT2D eigenvalue weighted by Crippen LogP contribution is -2.48. The lowest BCUT2D eigenvalue weighted by Gasteiger charge is -2.42. The topological polar surface area (TPSA) is 90.2 Å². The van der Waals surface area contributed by atoms with Crippen LogP contribution in [0.4, 0.5) is 11.8 Å². The van der Waals surface area contributed by atoms with Gasteiger partial charge in [-0.2, -0.15) is 4.98 Å². The minimum absolute atomic E-state index is 0.156. The first kappa shape index (κ1) is 19.3. The van der Waals surface area contributed by atoms with E-state index in [0.717, 1.165) is 32.4 Å². The lowest BCUT2D eigenvalue weighted by molar-refractivity contribution is 0.192. The van der Waals surface area contributed by atoms with Gasteiger partial charge in [-0.05, 0) is 54.7 Å². The molecule has 1 aliphatic carbocycles. The average molecular weight is 402 g/mol. The summed E-state index contributed by atoms with van der Waals surface area (Å²) in [7, 11) is 1.76. The van der Waals surface area contributed by atoms with Gasteiger partial charge in [-0.25, -0.2) is 0 Å². The highest BCUT2D eigenvalue weighted by molar-refractivity contribution is 6.30. The Morgan fingerprint density at radius 1 is 1.29 bits per heavy atom. The van der Waals surface area contributed by atoms with Crippen molar-refractivity contribution < 1.29 is 0 Å². The van der Waals surface area contributed by atoms with Gasteiger partial charge < -0.3 is 16.4 Å². The number of hydrogen-bond acceptors (Lipinski definition) is 5. The Morgan fingerprint density at radius 3 is 2.61 bits per heavy atom. The van der Waals surface area contributed by atoms with Gasteiger partial charge >= 0.3 is 0 Å². The van der Waals surface area contributed by atoms with Gasteiger partial charge in [-0.3, -0.25) is 9.36 Å². The third-order valence-electron chi connectivity index (χ3n) is 6.65. The minimum Gasteiger partial charge on any atom is -0.383 e. The third kappa shape index (κ3) is 3.18. The Balaban J connectivity index is 1.63. The van der Waals surface area contributed by atoms with Gasteiger partial charge in [0.15, 0.2) is 0 Å². The second-order valence-corrected chi connectivity index (χ2v) is 8.98. The van der Waals surface area contributed by atoms with Gasteiger partial charge in [0.05, 0.1) is 5.56 Å². The zero-order valence-corrected chi connectivity index (χ0v) is 17.2. The molecule has 7 heteroatoms. The molecule has 1 aliphatic heterocycles. The number of halogens is 1. The van der Waals surface area contributed by atoms with Crippen LogP contribution in [0.5, 0.6) is 0 Å². The number of anilines is 2. The SMILES string of the molecule is C[C@H]1C[C@@H](N)C2(CCN(c3nc(N)c(-c4cccc(Cl)c4)c(=O)n3C)CC2)C1. The van der Waals surface area contributed by atoms with Crippen molar-refractivity contribution in [1.82, 2.24) is 9.55 Å². The zero-order valence-electron chi connectivity index (χ0n) is 16.5. The second kappa shape index (κ2) is 7.08. The largest absolute Gasteiger partial charge is 0.383 e. The first-order valence-electron chi connectivity index (χ1n) is 9.94. The van der Waals surface area contributed by atoms with Crippen LogP contribution >= 0.6 is 11.6 Å². The molecule has 0 radical (unpaired) electrons. The Bertz CT molecular complexity index is 948.